The lowest BCUT2D eigenvalue weighted by Crippen LogP contribution is -2.52. The van der Waals surface area contributed by atoms with Crippen LogP contribution in [0.2, 0.25) is 5.02 Å². The van der Waals surface area contributed by atoms with E-state index in [1.54, 1.807) is 16.7 Å². The average molecular weight is 535 g/mol. The van der Waals surface area contributed by atoms with Gasteiger partial charge in [0.1, 0.15) is 6.04 Å². The van der Waals surface area contributed by atoms with Crippen LogP contribution in [0.1, 0.15) is 48.8 Å². The molecule has 3 aromatic carbocycles. The predicted octanol–water partition coefficient (Wildman–Crippen LogP) is 6.83. The van der Waals surface area contributed by atoms with Crippen molar-refractivity contribution in [2.75, 3.05) is 5.75 Å². The smallest absolute Gasteiger partial charge is 0.243 e. The average Bonchev–Trinajstić information content (AvgIpc) is 3.42. The van der Waals surface area contributed by atoms with Crippen molar-refractivity contribution in [3.8, 4) is 0 Å². The van der Waals surface area contributed by atoms with Gasteiger partial charge in [0.05, 0.1) is 0 Å². The first-order valence-electron chi connectivity index (χ1n) is 13.1. The maximum absolute atomic E-state index is 13.7. The Hall–Kier alpha value is -2.76. The van der Waals surface area contributed by atoms with Crippen LogP contribution in [0.3, 0.4) is 0 Å². The molecule has 194 valence electrons. The Morgan fingerprint density at radius 1 is 0.946 bits per heavy atom. The van der Waals surface area contributed by atoms with E-state index < -0.39 is 6.04 Å². The van der Waals surface area contributed by atoms with Crippen LogP contribution in [0.15, 0.2) is 83.8 Å². The number of halogens is 1. The Balaban J connectivity index is 1.55. The molecule has 0 spiro atoms. The molecule has 4 nitrogen and oxygen atoms in total. The third-order valence-electron chi connectivity index (χ3n) is 6.84. The first-order valence-corrected chi connectivity index (χ1v) is 14.4. The molecule has 1 fully saturated rings. The van der Waals surface area contributed by atoms with Gasteiger partial charge in [-0.1, -0.05) is 84.6 Å². The second-order valence-electron chi connectivity index (χ2n) is 9.76. The van der Waals surface area contributed by atoms with Gasteiger partial charge in [0.15, 0.2) is 0 Å². The fourth-order valence-corrected chi connectivity index (χ4v) is 5.71. The Morgan fingerprint density at radius 3 is 2.30 bits per heavy atom. The van der Waals surface area contributed by atoms with Crippen molar-refractivity contribution >= 4 is 35.2 Å². The van der Waals surface area contributed by atoms with E-state index in [9.17, 15) is 9.59 Å². The van der Waals surface area contributed by atoms with Gasteiger partial charge < -0.3 is 10.2 Å². The fourth-order valence-electron chi connectivity index (χ4n) is 4.74. The first kappa shape index (κ1) is 27.3. The summed E-state index contributed by atoms with van der Waals surface area (Å²) in [5.41, 5.74) is 3.21. The van der Waals surface area contributed by atoms with Gasteiger partial charge in [0.25, 0.3) is 0 Å². The molecule has 4 rings (SSSR count). The topological polar surface area (TPSA) is 49.4 Å². The second kappa shape index (κ2) is 13.7. The summed E-state index contributed by atoms with van der Waals surface area (Å²) in [5.74, 6) is 0.572. The highest BCUT2D eigenvalue weighted by Crippen LogP contribution is 2.23. The number of hydrogen-bond donors (Lipinski definition) is 1. The van der Waals surface area contributed by atoms with Crippen molar-refractivity contribution in [1.82, 2.24) is 10.2 Å². The Bertz CT molecular complexity index is 1150. The van der Waals surface area contributed by atoms with E-state index in [0.29, 0.717) is 30.2 Å². The maximum atomic E-state index is 13.7. The van der Waals surface area contributed by atoms with Crippen molar-refractivity contribution in [3.63, 3.8) is 0 Å². The zero-order valence-electron chi connectivity index (χ0n) is 21.4. The number of benzene rings is 3. The quantitative estimate of drug-likeness (QED) is 0.274. The van der Waals surface area contributed by atoms with Gasteiger partial charge in [-0.2, -0.15) is 0 Å². The van der Waals surface area contributed by atoms with Crippen molar-refractivity contribution in [2.24, 2.45) is 0 Å². The second-order valence-corrected chi connectivity index (χ2v) is 11.4. The summed E-state index contributed by atoms with van der Waals surface area (Å²) in [5, 5.41) is 3.91. The number of thioether (sulfide) groups is 1. The maximum Gasteiger partial charge on any atom is 0.243 e. The first-order chi connectivity index (χ1) is 18.0. The Morgan fingerprint density at radius 2 is 1.62 bits per heavy atom. The number of nitrogens with one attached hydrogen (secondary N) is 1. The van der Waals surface area contributed by atoms with Crippen LogP contribution >= 0.6 is 23.4 Å². The van der Waals surface area contributed by atoms with E-state index in [1.165, 1.54) is 5.56 Å². The molecule has 1 aliphatic carbocycles. The van der Waals surface area contributed by atoms with Crippen molar-refractivity contribution in [3.05, 3.63) is 101 Å². The van der Waals surface area contributed by atoms with Crippen LogP contribution in [0, 0.1) is 6.92 Å². The normalized spacial score (nSPS) is 14.3. The number of nitrogens with zero attached hydrogens (tertiary/aromatic N) is 1. The monoisotopic (exact) mass is 534 g/mol. The van der Waals surface area contributed by atoms with Crippen molar-refractivity contribution < 1.29 is 9.59 Å². The lowest BCUT2D eigenvalue weighted by Gasteiger charge is -2.32. The van der Waals surface area contributed by atoms with Crippen LogP contribution in [-0.2, 0) is 22.6 Å². The lowest BCUT2D eigenvalue weighted by atomic mass is 10.0. The standard InChI is InChI=1S/C31H35ClN2O2S/c1-23-11-17-28(18-12-23)37-20-19-30(35)34(22-25-13-15-26(32)16-14-25)29(21-24-7-3-2-4-8-24)31(36)33-27-9-5-6-10-27/h2-4,7-8,11-18,27,29H,5-6,9-10,19-22H2,1H3,(H,33,36). The molecule has 0 aliphatic heterocycles. The van der Waals surface area contributed by atoms with Crippen LogP contribution in [-0.4, -0.2) is 34.6 Å². The molecule has 0 radical (unpaired) electrons. The summed E-state index contributed by atoms with van der Waals surface area (Å²) < 4.78 is 0. The van der Waals surface area contributed by atoms with E-state index in [-0.39, 0.29) is 17.9 Å². The van der Waals surface area contributed by atoms with Gasteiger partial charge in [-0.15, -0.1) is 11.8 Å². The minimum atomic E-state index is -0.587. The van der Waals surface area contributed by atoms with Gasteiger partial charge in [0.2, 0.25) is 11.8 Å². The fraction of sp³-hybridized carbons (Fsp3) is 0.355. The van der Waals surface area contributed by atoms with Crippen molar-refractivity contribution in [2.45, 2.75) is 69.0 Å². The molecule has 1 atom stereocenters. The van der Waals surface area contributed by atoms with Gasteiger partial charge in [-0.25, -0.2) is 0 Å². The summed E-state index contributed by atoms with van der Waals surface area (Å²) in [4.78, 5) is 30.3. The SMILES string of the molecule is Cc1ccc(SCCC(=O)N(Cc2ccc(Cl)cc2)C(Cc2ccccc2)C(=O)NC2CCCC2)cc1. The minimum absolute atomic E-state index is 0.0166. The van der Waals surface area contributed by atoms with E-state index in [4.69, 9.17) is 11.6 Å². The van der Waals surface area contributed by atoms with Crippen molar-refractivity contribution in [1.29, 1.82) is 0 Å². The van der Waals surface area contributed by atoms with E-state index in [2.05, 4.69) is 36.5 Å². The van der Waals surface area contributed by atoms with Crippen LogP contribution in [0.4, 0.5) is 0 Å². The molecule has 0 saturated heterocycles. The molecule has 1 unspecified atom stereocenters. The number of carbonyl (C=O) groups is 2. The highest BCUT2D eigenvalue weighted by molar-refractivity contribution is 7.99. The Labute approximate surface area is 229 Å². The number of aryl methyl sites for hydroxylation is 1. The molecule has 0 heterocycles. The zero-order chi connectivity index (χ0) is 26.0. The molecule has 0 aromatic heterocycles. The van der Waals surface area contributed by atoms with Gasteiger partial charge in [-0.05, 0) is 55.2 Å². The summed E-state index contributed by atoms with van der Waals surface area (Å²) >= 11 is 7.78. The summed E-state index contributed by atoms with van der Waals surface area (Å²) in [6.45, 7) is 2.43. The Kier molecular flexibility index (Phi) is 10.1. The summed E-state index contributed by atoms with van der Waals surface area (Å²) in [6, 6.07) is 25.4. The van der Waals surface area contributed by atoms with Crippen LogP contribution in [0.25, 0.3) is 0 Å². The number of amides is 2. The number of hydrogen-bond acceptors (Lipinski definition) is 3. The molecule has 37 heavy (non-hydrogen) atoms. The molecule has 1 N–H and O–H groups in total. The molecule has 1 saturated carbocycles. The molecule has 6 heteroatoms. The minimum Gasteiger partial charge on any atom is -0.352 e. The zero-order valence-corrected chi connectivity index (χ0v) is 22.9. The van der Waals surface area contributed by atoms with Gasteiger partial charge in [0, 0.05) is 41.1 Å². The number of carbonyl (C=O) groups excluding carboxylic acids is 2. The number of rotatable bonds is 11. The van der Waals surface area contributed by atoms with Crippen LogP contribution < -0.4 is 5.32 Å². The van der Waals surface area contributed by atoms with Gasteiger partial charge in [-0.3, -0.25) is 9.59 Å². The summed E-state index contributed by atoms with van der Waals surface area (Å²) in [7, 11) is 0. The largest absolute Gasteiger partial charge is 0.352 e. The molecule has 3 aromatic rings. The summed E-state index contributed by atoms with van der Waals surface area (Å²) in [6.07, 6.45) is 5.11. The van der Waals surface area contributed by atoms with Crippen LogP contribution in [0.5, 0.6) is 0 Å². The highest BCUT2D eigenvalue weighted by atomic mass is 35.5. The third kappa shape index (κ3) is 8.37. The molecular weight excluding hydrogens is 500 g/mol. The predicted molar refractivity (Wildman–Crippen MR) is 153 cm³/mol. The van der Waals surface area contributed by atoms with E-state index in [0.717, 1.165) is 41.7 Å². The highest BCUT2D eigenvalue weighted by Gasteiger charge is 2.32. The van der Waals surface area contributed by atoms with E-state index in [1.807, 2.05) is 54.6 Å². The molecule has 0 bridgehead atoms. The third-order valence-corrected chi connectivity index (χ3v) is 8.11. The van der Waals surface area contributed by atoms with Gasteiger partial charge >= 0.3 is 0 Å². The molecule has 2 amide bonds. The molecular formula is C31H35ClN2O2S. The lowest BCUT2D eigenvalue weighted by molar-refractivity contribution is -0.141. The van der Waals surface area contributed by atoms with E-state index >= 15 is 0 Å². The molecule has 1 aliphatic rings.